The van der Waals surface area contributed by atoms with Crippen LogP contribution in [0.3, 0.4) is 0 Å². The summed E-state index contributed by atoms with van der Waals surface area (Å²) in [4.78, 5) is 3.77. The first-order valence-corrected chi connectivity index (χ1v) is 4.21. The van der Waals surface area contributed by atoms with E-state index in [0.717, 1.165) is 0 Å². The minimum Gasteiger partial charge on any atom is -0.426 e. The molecule has 1 atom stereocenters. The van der Waals surface area contributed by atoms with Crippen molar-refractivity contribution in [2.45, 2.75) is 0 Å². The van der Waals surface area contributed by atoms with Crippen molar-refractivity contribution in [1.29, 1.82) is 0 Å². The van der Waals surface area contributed by atoms with Crippen molar-refractivity contribution in [2.24, 2.45) is 0 Å². The Kier molecular flexibility index (Phi) is 3.08. The topological polar surface area (TPSA) is 48.4 Å². The van der Waals surface area contributed by atoms with Gasteiger partial charge in [-0.05, 0) is 12.1 Å². The van der Waals surface area contributed by atoms with E-state index in [1.54, 1.807) is 24.5 Å². The third kappa shape index (κ3) is 2.70. The smallest absolute Gasteiger partial charge is 0.367 e. The van der Waals surface area contributed by atoms with Crippen LogP contribution in [-0.4, -0.2) is 12.1 Å². The third-order valence-corrected chi connectivity index (χ3v) is 1.75. The maximum atomic E-state index is 10.7. The molecule has 0 saturated carbocycles. The van der Waals surface area contributed by atoms with E-state index < -0.39 is 8.25 Å². The predicted octanol–water partition coefficient (Wildman–Crippen LogP) is 1.50. The summed E-state index contributed by atoms with van der Waals surface area (Å²) in [6.07, 6.45) is 3.11. The Bertz CT molecular complexity index is 239. The van der Waals surface area contributed by atoms with E-state index in [9.17, 15) is 4.57 Å². The van der Waals surface area contributed by atoms with E-state index in [1.807, 2.05) is 0 Å². The van der Waals surface area contributed by atoms with Gasteiger partial charge in [-0.2, -0.15) is 0 Å². The molecule has 0 radical (unpaired) electrons. The van der Waals surface area contributed by atoms with Crippen LogP contribution in [0, 0.1) is 0 Å². The summed E-state index contributed by atoms with van der Waals surface area (Å²) in [7, 11) is -1.02. The molecule has 1 aromatic heterocycles. The van der Waals surface area contributed by atoms with Gasteiger partial charge in [0.25, 0.3) is 0 Å². The van der Waals surface area contributed by atoms with Crippen molar-refractivity contribution in [2.75, 3.05) is 7.11 Å². The molecule has 4 nitrogen and oxygen atoms in total. The first kappa shape index (κ1) is 8.24. The van der Waals surface area contributed by atoms with Gasteiger partial charge >= 0.3 is 8.25 Å². The molecule has 1 unspecified atom stereocenters. The largest absolute Gasteiger partial charge is 0.426 e. The summed E-state index contributed by atoms with van der Waals surface area (Å²) in [5, 5.41) is 0. The first-order chi connectivity index (χ1) is 5.33. The maximum Gasteiger partial charge on any atom is 0.367 e. The Balaban J connectivity index is 2.58. The molecule has 0 aliphatic rings. The number of nitrogens with zero attached hydrogens (tertiary/aromatic N) is 1. The molecule has 1 heterocycles. The van der Waals surface area contributed by atoms with Gasteiger partial charge < -0.3 is 9.05 Å². The van der Waals surface area contributed by atoms with Crippen LogP contribution in [0.25, 0.3) is 0 Å². The van der Waals surface area contributed by atoms with Crippen molar-refractivity contribution in [3.8, 4) is 5.75 Å². The summed E-state index contributed by atoms with van der Waals surface area (Å²) in [6.45, 7) is 0. The second-order valence-electron chi connectivity index (χ2n) is 1.74. The van der Waals surface area contributed by atoms with Gasteiger partial charge in [-0.1, -0.05) is 0 Å². The van der Waals surface area contributed by atoms with Crippen molar-refractivity contribution in [3.05, 3.63) is 24.5 Å². The molecule has 0 amide bonds. The van der Waals surface area contributed by atoms with Gasteiger partial charge in [-0.25, -0.2) is 4.57 Å². The Labute approximate surface area is 65.1 Å². The van der Waals surface area contributed by atoms with Gasteiger partial charge in [-0.3, -0.25) is 4.98 Å². The number of aromatic nitrogens is 1. The van der Waals surface area contributed by atoms with Gasteiger partial charge in [0.15, 0.2) is 0 Å². The normalized spacial score (nSPS) is 12.5. The fourth-order valence-corrected chi connectivity index (χ4v) is 0.956. The Morgan fingerprint density at radius 2 is 2.09 bits per heavy atom. The van der Waals surface area contributed by atoms with Crippen LogP contribution < -0.4 is 4.52 Å². The molecule has 0 spiro atoms. The minimum absolute atomic E-state index is 0.505. The molecular weight excluding hydrogens is 165 g/mol. The van der Waals surface area contributed by atoms with E-state index >= 15 is 0 Å². The van der Waals surface area contributed by atoms with Gasteiger partial charge in [0.05, 0.1) is 0 Å². The van der Waals surface area contributed by atoms with Crippen LogP contribution in [0.4, 0.5) is 0 Å². The average Bonchev–Trinajstić information content (AvgIpc) is 2.06. The molecule has 0 aromatic carbocycles. The van der Waals surface area contributed by atoms with E-state index in [-0.39, 0.29) is 0 Å². The molecule has 5 heteroatoms. The molecule has 0 aliphatic carbocycles. The highest BCUT2D eigenvalue weighted by atomic mass is 31.1. The van der Waals surface area contributed by atoms with Crippen LogP contribution in [0.2, 0.25) is 0 Å². The summed E-state index contributed by atoms with van der Waals surface area (Å²) in [5.41, 5.74) is 0. The lowest BCUT2D eigenvalue weighted by Crippen LogP contribution is -1.81. The molecule has 0 N–H and O–H groups in total. The maximum absolute atomic E-state index is 10.7. The zero-order valence-electron chi connectivity index (χ0n) is 5.98. The summed E-state index contributed by atoms with van der Waals surface area (Å²) in [6, 6.07) is 3.23. The highest BCUT2D eigenvalue weighted by Gasteiger charge is 1.96. The highest BCUT2D eigenvalue weighted by molar-refractivity contribution is 7.33. The molecule has 0 saturated heterocycles. The molecule has 11 heavy (non-hydrogen) atoms. The second-order valence-corrected chi connectivity index (χ2v) is 2.85. The monoisotopic (exact) mass is 173 g/mol. The lowest BCUT2D eigenvalue weighted by Gasteiger charge is -2.01. The SMILES string of the molecule is CO[PH](=O)Oc1ccncc1. The second kappa shape index (κ2) is 4.11. The molecule has 1 aromatic rings. The zero-order chi connectivity index (χ0) is 8.10. The van der Waals surface area contributed by atoms with Gasteiger partial charge in [0.2, 0.25) is 0 Å². The van der Waals surface area contributed by atoms with Crippen LogP contribution in [0.15, 0.2) is 24.5 Å². The van der Waals surface area contributed by atoms with Crippen molar-refractivity contribution in [3.63, 3.8) is 0 Å². The number of rotatable bonds is 3. The molecule has 1 rings (SSSR count). The summed E-state index contributed by atoms with van der Waals surface area (Å²) >= 11 is 0. The van der Waals surface area contributed by atoms with Crippen molar-refractivity contribution >= 4 is 8.25 Å². The molecule has 60 valence electrons. The first-order valence-electron chi connectivity index (χ1n) is 2.99. The Morgan fingerprint density at radius 3 is 2.64 bits per heavy atom. The lowest BCUT2D eigenvalue weighted by atomic mass is 10.5. The quantitative estimate of drug-likeness (QED) is 0.650. The van der Waals surface area contributed by atoms with Crippen molar-refractivity contribution in [1.82, 2.24) is 4.98 Å². The molecular formula is C6H8NO3P. The van der Waals surface area contributed by atoms with Crippen molar-refractivity contribution < 1.29 is 13.6 Å². The zero-order valence-corrected chi connectivity index (χ0v) is 6.98. The van der Waals surface area contributed by atoms with E-state index in [2.05, 4.69) is 9.51 Å². The van der Waals surface area contributed by atoms with Crippen LogP contribution >= 0.6 is 8.25 Å². The fraction of sp³-hybridized carbons (Fsp3) is 0.167. The summed E-state index contributed by atoms with van der Waals surface area (Å²) in [5.74, 6) is 0.505. The molecule has 0 fully saturated rings. The van der Waals surface area contributed by atoms with Gasteiger partial charge in [0, 0.05) is 19.5 Å². The number of pyridine rings is 1. The fourth-order valence-electron chi connectivity index (χ4n) is 0.544. The van der Waals surface area contributed by atoms with Crippen LogP contribution in [0.5, 0.6) is 5.75 Å². The molecule has 0 aliphatic heterocycles. The van der Waals surface area contributed by atoms with E-state index in [0.29, 0.717) is 5.75 Å². The van der Waals surface area contributed by atoms with E-state index in [1.165, 1.54) is 7.11 Å². The van der Waals surface area contributed by atoms with Gasteiger partial charge in [0.1, 0.15) is 5.75 Å². The summed E-state index contributed by atoms with van der Waals surface area (Å²) < 4.78 is 20.0. The highest BCUT2D eigenvalue weighted by Crippen LogP contribution is 2.25. The van der Waals surface area contributed by atoms with Crippen LogP contribution in [-0.2, 0) is 9.09 Å². The number of hydrogen-bond acceptors (Lipinski definition) is 4. The minimum atomic E-state index is -2.36. The standard InChI is InChI=1S/C6H8NO3P/c1-9-11(8)10-6-2-4-7-5-3-6/h2-5,11H,1H3. The Hall–Kier alpha value is -0.860. The third-order valence-electron chi connectivity index (χ3n) is 1.02. The Morgan fingerprint density at radius 1 is 1.45 bits per heavy atom. The van der Waals surface area contributed by atoms with Crippen LogP contribution in [0.1, 0.15) is 0 Å². The number of hydrogen-bond donors (Lipinski definition) is 0. The van der Waals surface area contributed by atoms with E-state index in [4.69, 9.17) is 4.52 Å². The average molecular weight is 173 g/mol. The molecule has 0 bridgehead atoms. The predicted molar refractivity (Wildman–Crippen MR) is 40.9 cm³/mol. The lowest BCUT2D eigenvalue weighted by molar-refractivity contribution is 0.349. The van der Waals surface area contributed by atoms with Gasteiger partial charge in [-0.15, -0.1) is 0 Å².